The van der Waals surface area contributed by atoms with Crippen molar-refractivity contribution in [2.45, 2.75) is 82.4 Å². The molecular weight excluding hydrogens is 480 g/mol. The summed E-state index contributed by atoms with van der Waals surface area (Å²) in [7, 11) is -2.41. The zero-order valence-electron chi connectivity index (χ0n) is 21.8. The highest BCUT2D eigenvalue weighted by Gasteiger charge is 2.49. The molecule has 2 amide bonds. The van der Waals surface area contributed by atoms with E-state index in [1.165, 1.54) is 0 Å². The quantitative estimate of drug-likeness (QED) is 0.206. The molecule has 35 heavy (non-hydrogen) atoms. The summed E-state index contributed by atoms with van der Waals surface area (Å²) in [6.07, 6.45) is 3.36. The van der Waals surface area contributed by atoms with Crippen molar-refractivity contribution < 1.29 is 28.3 Å². The van der Waals surface area contributed by atoms with Gasteiger partial charge in [-0.3, -0.25) is 14.4 Å². The number of Topliss-reactive ketones (excluding diaryl/α,β-unsaturated/α-hetero) is 1. The maximum Gasteiger partial charge on any atom is 0.226 e. The number of ketones is 1. The van der Waals surface area contributed by atoms with Gasteiger partial charge in [0.2, 0.25) is 11.8 Å². The molecule has 0 heterocycles. The third kappa shape index (κ3) is 8.55. The standard InChI is InChI=1S/C25H42N2O6Si2/c1-32-20-12-10-19(11-13-20)23(29)25(31)15-7-6-9-21(25)24(30)27-16-8-17-34(2,3)33-35(4,5)18-14-22(26)28/h10-13,21,31H,6-9,14-18H2,1-5H3,(H2,26,28)(H,27,30). The lowest BCUT2D eigenvalue weighted by Crippen LogP contribution is -2.54. The van der Waals surface area contributed by atoms with Gasteiger partial charge in [-0.1, -0.05) is 12.8 Å². The number of nitrogens with one attached hydrogen (secondary N) is 1. The fraction of sp³-hybridized carbons (Fsp3) is 0.640. The number of hydrogen-bond donors (Lipinski definition) is 3. The Morgan fingerprint density at radius 1 is 1.09 bits per heavy atom. The van der Waals surface area contributed by atoms with Gasteiger partial charge in [-0.15, -0.1) is 0 Å². The van der Waals surface area contributed by atoms with E-state index in [1.54, 1.807) is 31.4 Å². The average molecular weight is 523 g/mol. The molecule has 0 aliphatic heterocycles. The highest BCUT2D eigenvalue weighted by atomic mass is 28.4. The van der Waals surface area contributed by atoms with Crippen molar-refractivity contribution in [3.05, 3.63) is 29.8 Å². The number of carbonyl (C=O) groups excluding carboxylic acids is 3. The number of nitrogens with two attached hydrogens (primary N) is 1. The Bertz CT molecular complexity index is 890. The molecule has 2 atom stereocenters. The SMILES string of the molecule is COc1ccc(C(=O)C2(O)CCCCC2C(=O)NCCC[Si](C)(C)O[Si](C)(C)CCC(N)=O)cc1. The maximum atomic E-state index is 13.2. The van der Waals surface area contributed by atoms with Gasteiger partial charge in [0, 0.05) is 18.5 Å². The Labute approximate surface area is 211 Å². The molecular formula is C25H42N2O6Si2. The molecule has 0 bridgehead atoms. The molecule has 196 valence electrons. The topological polar surface area (TPSA) is 128 Å². The van der Waals surface area contributed by atoms with Crippen LogP contribution in [0.15, 0.2) is 24.3 Å². The van der Waals surface area contributed by atoms with E-state index in [2.05, 4.69) is 31.5 Å². The van der Waals surface area contributed by atoms with E-state index in [4.69, 9.17) is 14.6 Å². The molecule has 2 unspecified atom stereocenters. The normalized spacial score (nSPS) is 20.8. The first-order valence-electron chi connectivity index (χ1n) is 12.5. The van der Waals surface area contributed by atoms with Crippen molar-refractivity contribution in [3.63, 3.8) is 0 Å². The van der Waals surface area contributed by atoms with Gasteiger partial charge in [0.25, 0.3) is 0 Å². The van der Waals surface area contributed by atoms with Gasteiger partial charge in [0.15, 0.2) is 22.4 Å². The van der Waals surface area contributed by atoms with Crippen LogP contribution in [0.1, 0.15) is 48.9 Å². The van der Waals surface area contributed by atoms with E-state index < -0.39 is 33.9 Å². The Morgan fingerprint density at radius 2 is 1.71 bits per heavy atom. The fourth-order valence-electron chi connectivity index (χ4n) is 4.89. The summed E-state index contributed by atoms with van der Waals surface area (Å²) in [6, 6.07) is 8.19. The van der Waals surface area contributed by atoms with Crippen molar-refractivity contribution in [2.24, 2.45) is 11.7 Å². The molecule has 1 fully saturated rings. The average Bonchev–Trinajstić information content (AvgIpc) is 2.79. The fourth-order valence-corrected chi connectivity index (χ4v) is 13.6. The number of rotatable bonds is 13. The van der Waals surface area contributed by atoms with E-state index in [0.717, 1.165) is 18.9 Å². The van der Waals surface area contributed by atoms with Crippen LogP contribution in [-0.4, -0.2) is 58.6 Å². The molecule has 2 rings (SSSR count). The molecule has 1 aromatic rings. The Balaban J connectivity index is 1.93. The van der Waals surface area contributed by atoms with Gasteiger partial charge < -0.3 is 25.0 Å². The summed E-state index contributed by atoms with van der Waals surface area (Å²) in [5.41, 5.74) is 3.96. The number of aliphatic hydroxyl groups is 1. The van der Waals surface area contributed by atoms with Gasteiger partial charge in [0.1, 0.15) is 11.4 Å². The zero-order valence-corrected chi connectivity index (χ0v) is 23.8. The van der Waals surface area contributed by atoms with Crippen LogP contribution in [0.5, 0.6) is 5.75 Å². The first-order valence-corrected chi connectivity index (χ1v) is 18.7. The summed E-state index contributed by atoms with van der Waals surface area (Å²) >= 11 is 0. The summed E-state index contributed by atoms with van der Waals surface area (Å²) in [5, 5.41) is 14.3. The first-order chi connectivity index (χ1) is 16.3. The monoisotopic (exact) mass is 522 g/mol. The lowest BCUT2D eigenvalue weighted by atomic mass is 9.71. The van der Waals surface area contributed by atoms with Crippen LogP contribution in [-0.2, 0) is 13.7 Å². The number of primary amides is 1. The van der Waals surface area contributed by atoms with Crippen molar-refractivity contribution in [3.8, 4) is 5.75 Å². The molecule has 0 aromatic heterocycles. The van der Waals surface area contributed by atoms with E-state index in [-0.39, 0.29) is 18.2 Å². The number of carbonyl (C=O) groups is 3. The molecule has 0 saturated heterocycles. The molecule has 1 aliphatic rings. The summed E-state index contributed by atoms with van der Waals surface area (Å²) < 4.78 is 11.6. The molecule has 0 spiro atoms. The number of ether oxygens (including phenoxy) is 1. The van der Waals surface area contributed by atoms with Crippen molar-refractivity contribution in [2.75, 3.05) is 13.7 Å². The van der Waals surface area contributed by atoms with Gasteiger partial charge in [-0.25, -0.2) is 0 Å². The second-order valence-electron chi connectivity index (χ2n) is 10.8. The predicted molar refractivity (Wildman–Crippen MR) is 141 cm³/mol. The van der Waals surface area contributed by atoms with Crippen LogP contribution in [0.2, 0.25) is 38.3 Å². The van der Waals surface area contributed by atoms with E-state index >= 15 is 0 Å². The van der Waals surface area contributed by atoms with Crippen molar-refractivity contribution >= 4 is 34.2 Å². The number of hydrogen-bond acceptors (Lipinski definition) is 6. The molecule has 1 aliphatic carbocycles. The van der Waals surface area contributed by atoms with Gasteiger partial charge >= 0.3 is 0 Å². The second-order valence-corrected chi connectivity index (χ2v) is 19.6. The van der Waals surface area contributed by atoms with Crippen LogP contribution in [0, 0.1) is 5.92 Å². The minimum atomic E-state index is -1.99. The van der Waals surface area contributed by atoms with Crippen LogP contribution in [0.25, 0.3) is 0 Å². The molecule has 10 heteroatoms. The predicted octanol–water partition coefficient (Wildman–Crippen LogP) is 3.61. The van der Waals surface area contributed by atoms with E-state index in [9.17, 15) is 19.5 Å². The highest BCUT2D eigenvalue weighted by molar-refractivity contribution is 6.84. The third-order valence-electron chi connectivity index (χ3n) is 6.72. The summed E-state index contributed by atoms with van der Waals surface area (Å²) in [6.45, 7) is 8.99. The number of methoxy groups -OCH3 is 1. The number of benzene rings is 1. The first kappa shape index (κ1) is 29.2. The van der Waals surface area contributed by atoms with E-state index in [1.807, 2.05) is 0 Å². The lowest BCUT2D eigenvalue weighted by Gasteiger charge is -2.38. The molecule has 4 N–H and O–H groups in total. The molecule has 1 aromatic carbocycles. The van der Waals surface area contributed by atoms with Crippen molar-refractivity contribution in [1.29, 1.82) is 0 Å². The van der Waals surface area contributed by atoms with Crippen LogP contribution < -0.4 is 15.8 Å². The van der Waals surface area contributed by atoms with Crippen LogP contribution >= 0.6 is 0 Å². The Morgan fingerprint density at radius 3 is 2.31 bits per heavy atom. The largest absolute Gasteiger partial charge is 0.497 e. The number of amides is 2. The van der Waals surface area contributed by atoms with Gasteiger partial charge in [-0.05, 0) is 81.8 Å². The smallest absolute Gasteiger partial charge is 0.226 e. The summed E-state index contributed by atoms with van der Waals surface area (Å²) in [5.74, 6) is -1.13. The van der Waals surface area contributed by atoms with Crippen LogP contribution in [0.3, 0.4) is 0 Å². The van der Waals surface area contributed by atoms with Crippen LogP contribution in [0.4, 0.5) is 0 Å². The van der Waals surface area contributed by atoms with Crippen molar-refractivity contribution in [1.82, 2.24) is 5.32 Å². The van der Waals surface area contributed by atoms with Gasteiger partial charge in [0.05, 0.1) is 13.0 Å². The summed E-state index contributed by atoms with van der Waals surface area (Å²) in [4.78, 5) is 37.4. The highest BCUT2D eigenvalue weighted by Crippen LogP contribution is 2.37. The zero-order chi connectivity index (χ0) is 26.3. The lowest BCUT2D eigenvalue weighted by molar-refractivity contribution is -0.134. The minimum Gasteiger partial charge on any atom is -0.497 e. The third-order valence-corrected chi connectivity index (χ3v) is 14.2. The second kappa shape index (κ2) is 12.3. The molecule has 0 radical (unpaired) electrons. The minimum absolute atomic E-state index is 0.273. The maximum absolute atomic E-state index is 13.2. The Kier molecular flexibility index (Phi) is 10.3. The van der Waals surface area contributed by atoms with Gasteiger partial charge in [-0.2, -0.15) is 0 Å². The Hall–Kier alpha value is -2.02. The molecule has 1 saturated carbocycles. The molecule has 8 nitrogen and oxygen atoms in total. The van der Waals surface area contributed by atoms with E-state index in [0.29, 0.717) is 43.2 Å².